The first-order chi connectivity index (χ1) is 17.0. The van der Waals surface area contributed by atoms with Gasteiger partial charge >= 0.3 is 0 Å². The predicted molar refractivity (Wildman–Crippen MR) is 127 cm³/mol. The number of nitrogens with zero attached hydrogens (tertiary/aromatic N) is 6. The summed E-state index contributed by atoms with van der Waals surface area (Å²) in [5.74, 6) is 1.64. The Kier molecular flexibility index (Phi) is 5.14. The highest BCUT2D eigenvalue weighted by Gasteiger charge is 2.41. The van der Waals surface area contributed by atoms with E-state index in [9.17, 15) is 9.90 Å². The van der Waals surface area contributed by atoms with Gasteiger partial charge in [0.15, 0.2) is 5.82 Å². The van der Waals surface area contributed by atoms with Crippen LogP contribution in [-0.4, -0.2) is 53.1 Å². The van der Waals surface area contributed by atoms with Crippen LogP contribution in [0.3, 0.4) is 0 Å². The summed E-state index contributed by atoms with van der Waals surface area (Å²) in [6.07, 6.45) is 10.7. The monoisotopic (exact) mass is 475 g/mol. The number of rotatable bonds is 6. The molecule has 9 nitrogen and oxygen atoms in total. The smallest absolute Gasteiger partial charge is 0.238 e. The molecule has 3 atom stereocenters. The summed E-state index contributed by atoms with van der Waals surface area (Å²) < 4.78 is 18.8. The van der Waals surface area contributed by atoms with Crippen molar-refractivity contribution in [2.45, 2.75) is 50.7 Å². The fourth-order valence-corrected chi connectivity index (χ4v) is 4.77. The number of hydrogen-bond donors (Lipinski definition) is 2. The first kappa shape index (κ1) is 21.8. The molecular formula is C25H26FN7O2. The van der Waals surface area contributed by atoms with E-state index in [0.717, 1.165) is 37.2 Å². The predicted octanol–water partition coefficient (Wildman–Crippen LogP) is 3.29. The molecule has 35 heavy (non-hydrogen) atoms. The molecule has 4 heterocycles. The van der Waals surface area contributed by atoms with E-state index in [1.54, 1.807) is 43.6 Å². The summed E-state index contributed by atoms with van der Waals surface area (Å²) in [5.41, 5.74) is 0.822. The number of amides is 1. The van der Waals surface area contributed by atoms with E-state index in [0.29, 0.717) is 29.0 Å². The molecule has 0 bridgehead atoms. The third-order valence-corrected chi connectivity index (χ3v) is 7.11. The fraction of sp³-hybridized carbons (Fsp3) is 0.400. The van der Waals surface area contributed by atoms with Gasteiger partial charge in [-0.2, -0.15) is 0 Å². The minimum atomic E-state index is -1.49. The number of aliphatic hydroxyl groups excluding tert-OH is 1. The van der Waals surface area contributed by atoms with Crippen LogP contribution in [0.2, 0.25) is 0 Å². The molecule has 6 rings (SSSR count). The quantitative estimate of drug-likeness (QED) is 0.566. The molecule has 1 saturated carbocycles. The maximum atomic E-state index is 15.1. The lowest BCUT2D eigenvalue weighted by atomic mass is 9.80. The van der Waals surface area contributed by atoms with Gasteiger partial charge in [-0.3, -0.25) is 4.79 Å². The lowest BCUT2D eigenvalue weighted by Gasteiger charge is -2.30. The van der Waals surface area contributed by atoms with Crippen LogP contribution in [0.25, 0.3) is 17.2 Å². The molecule has 0 radical (unpaired) electrons. The number of carbonyl (C=O) groups is 1. The van der Waals surface area contributed by atoms with Crippen molar-refractivity contribution in [2.75, 3.05) is 11.9 Å². The third kappa shape index (κ3) is 3.78. The Hall–Kier alpha value is -3.66. The summed E-state index contributed by atoms with van der Waals surface area (Å²) in [6.45, 7) is 1.57. The highest BCUT2D eigenvalue weighted by atomic mass is 19.1. The van der Waals surface area contributed by atoms with Gasteiger partial charge in [-0.15, -0.1) is 10.2 Å². The maximum absolute atomic E-state index is 15.1. The normalized spacial score (nSPS) is 25.4. The highest BCUT2D eigenvalue weighted by Crippen LogP contribution is 2.40. The zero-order valence-electron chi connectivity index (χ0n) is 19.3. The van der Waals surface area contributed by atoms with E-state index in [4.69, 9.17) is 0 Å². The number of halogens is 1. The Morgan fingerprint density at radius 3 is 2.94 bits per heavy atom. The molecule has 1 aliphatic heterocycles. The number of aromatic nitrogens is 6. The molecule has 0 saturated heterocycles. The van der Waals surface area contributed by atoms with Crippen LogP contribution in [0.5, 0.6) is 0 Å². The molecule has 1 amide bonds. The minimum Gasteiger partial charge on any atom is -0.394 e. The number of carbonyl (C=O) groups excluding carboxylic acids is 1. The molecule has 3 aromatic heterocycles. The highest BCUT2D eigenvalue weighted by molar-refractivity contribution is 5.98. The van der Waals surface area contributed by atoms with Gasteiger partial charge in [0.25, 0.3) is 0 Å². The van der Waals surface area contributed by atoms with Crippen molar-refractivity contribution in [1.29, 1.82) is 0 Å². The van der Waals surface area contributed by atoms with E-state index in [1.807, 2.05) is 15.3 Å². The van der Waals surface area contributed by atoms with Crippen LogP contribution in [0.1, 0.15) is 49.7 Å². The number of allylic oxidation sites excluding steroid dienone is 3. The number of anilines is 1. The van der Waals surface area contributed by atoms with Gasteiger partial charge in [0.1, 0.15) is 28.9 Å². The second kappa shape index (κ2) is 8.23. The van der Waals surface area contributed by atoms with Crippen LogP contribution in [0.15, 0.2) is 49.0 Å². The first-order valence-corrected chi connectivity index (χ1v) is 11.9. The SMILES string of the molecule is C[C@@]1(C(=O)Nc2cccc(-c3nnc4n3C(CO)CC4)n2)C=C(n2cnc(C3CC3)c2)C=CC1F. The molecular weight excluding hydrogens is 449 g/mol. The molecule has 0 spiro atoms. The van der Waals surface area contributed by atoms with Gasteiger partial charge in [-0.25, -0.2) is 14.4 Å². The van der Waals surface area contributed by atoms with E-state index in [-0.39, 0.29) is 12.6 Å². The van der Waals surface area contributed by atoms with Crippen molar-refractivity contribution in [1.82, 2.24) is 29.3 Å². The summed E-state index contributed by atoms with van der Waals surface area (Å²) in [7, 11) is 0. The van der Waals surface area contributed by atoms with Gasteiger partial charge in [0, 0.05) is 24.2 Å². The van der Waals surface area contributed by atoms with E-state index >= 15 is 4.39 Å². The number of fused-ring (bicyclic) bond motifs is 1. The second-order valence-electron chi connectivity index (χ2n) is 9.64. The van der Waals surface area contributed by atoms with Crippen LogP contribution >= 0.6 is 0 Å². The molecule has 0 aromatic carbocycles. The zero-order valence-corrected chi connectivity index (χ0v) is 19.3. The lowest BCUT2D eigenvalue weighted by molar-refractivity contribution is -0.124. The van der Waals surface area contributed by atoms with Crippen molar-refractivity contribution in [3.8, 4) is 11.5 Å². The van der Waals surface area contributed by atoms with Crippen molar-refractivity contribution in [3.63, 3.8) is 0 Å². The average Bonchev–Trinajstić information content (AvgIpc) is 3.26. The Balaban J connectivity index is 1.26. The Morgan fingerprint density at radius 1 is 1.29 bits per heavy atom. The Morgan fingerprint density at radius 2 is 2.14 bits per heavy atom. The number of alkyl halides is 1. The number of aryl methyl sites for hydroxylation is 1. The number of aliphatic hydroxyl groups is 1. The van der Waals surface area contributed by atoms with E-state index in [1.165, 1.54) is 6.08 Å². The minimum absolute atomic E-state index is 0.00798. The fourth-order valence-electron chi connectivity index (χ4n) is 4.77. The van der Waals surface area contributed by atoms with Gasteiger partial charge in [-0.1, -0.05) is 6.07 Å². The van der Waals surface area contributed by atoms with Crippen molar-refractivity contribution in [3.05, 3.63) is 60.5 Å². The third-order valence-electron chi connectivity index (χ3n) is 7.11. The molecule has 2 aliphatic carbocycles. The van der Waals surface area contributed by atoms with Gasteiger partial charge in [0.2, 0.25) is 5.91 Å². The summed E-state index contributed by atoms with van der Waals surface area (Å²) in [5, 5.41) is 20.9. The van der Waals surface area contributed by atoms with Gasteiger partial charge in [-0.05, 0) is 56.5 Å². The number of nitrogens with one attached hydrogen (secondary N) is 1. The summed E-state index contributed by atoms with van der Waals surface area (Å²) in [6, 6.07) is 5.09. The van der Waals surface area contributed by atoms with Gasteiger partial charge < -0.3 is 19.6 Å². The van der Waals surface area contributed by atoms with Gasteiger partial charge in [0.05, 0.1) is 24.7 Å². The number of imidazole rings is 1. The molecule has 2 unspecified atom stereocenters. The molecule has 2 N–H and O–H groups in total. The van der Waals surface area contributed by atoms with Crippen LogP contribution in [0, 0.1) is 5.41 Å². The lowest BCUT2D eigenvalue weighted by Crippen LogP contribution is -2.41. The topological polar surface area (TPSA) is 111 Å². The van der Waals surface area contributed by atoms with Crippen LogP contribution in [0.4, 0.5) is 10.2 Å². The van der Waals surface area contributed by atoms with Crippen molar-refractivity contribution < 1.29 is 14.3 Å². The number of hydrogen-bond acceptors (Lipinski definition) is 6. The summed E-state index contributed by atoms with van der Waals surface area (Å²) in [4.78, 5) is 22.3. The Bertz CT molecular complexity index is 1360. The summed E-state index contributed by atoms with van der Waals surface area (Å²) >= 11 is 0. The van der Waals surface area contributed by atoms with Crippen molar-refractivity contribution >= 4 is 17.4 Å². The molecule has 180 valence electrons. The number of pyridine rings is 1. The Labute approximate surface area is 201 Å². The van der Waals surface area contributed by atoms with Crippen LogP contribution < -0.4 is 5.32 Å². The zero-order chi connectivity index (χ0) is 24.2. The molecule has 3 aliphatic rings. The van der Waals surface area contributed by atoms with E-state index in [2.05, 4.69) is 25.5 Å². The van der Waals surface area contributed by atoms with Crippen molar-refractivity contribution in [2.24, 2.45) is 5.41 Å². The second-order valence-corrected chi connectivity index (χ2v) is 9.64. The average molecular weight is 476 g/mol. The molecule has 10 heteroatoms. The van der Waals surface area contributed by atoms with E-state index < -0.39 is 17.5 Å². The maximum Gasteiger partial charge on any atom is 0.238 e. The molecule has 1 fully saturated rings. The standard InChI is InChI=1S/C25H26FN7O2/c1-25(11-16(7-9-20(25)26)32-12-19(27-14-32)15-5-6-15)24(35)29-21-4-2-3-18(28-21)23-31-30-22-10-8-17(13-34)33(22)23/h2-4,7,9,11-12,14-15,17,20,34H,5-6,8,10,13H2,1H3,(H,28,29,35)/t17?,20?,25-/m1/s1. The first-order valence-electron chi connectivity index (χ1n) is 11.9. The van der Waals surface area contributed by atoms with Crippen LogP contribution in [-0.2, 0) is 11.2 Å². The largest absolute Gasteiger partial charge is 0.394 e. The molecule has 3 aromatic rings.